The number of rotatable bonds is 4. The lowest BCUT2D eigenvalue weighted by molar-refractivity contribution is 0.0983. The summed E-state index contributed by atoms with van der Waals surface area (Å²) in [6, 6.07) is 13.9. The van der Waals surface area contributed by atoms with E-state index in [0.717, 1.165) is 28.8 Å². The molecule has 2 aliphatic rings. The van der Waals surface area contributed by atoms with Crippen molar-refractivity contribution in [2.45, 2.75) is 43.9 Å². The molecule has 1 aromatic carbocycles. The van der Waals surface area contributed by atoms with Crippen LogP contribution < -0.4 is 10.1 Å². The third kappa shape index (κ3) is 3.53. The van der Waals surface area contributed by atoms with E-state index in [9.17, 15) is 4.39 Å². The van der Waals surface area contributed by atoms with Crippen molar-refractivity contribution in [2.24, 2.45) is 0 Å². The van der Waals surface area contributed by atoms with Crippen LogP contribution in [-0.4, -0.2) is 44.9 Å². The number of fused-ring (bicyclic) bond motifs is 2. The zero-order chi connectivity index (χ0) is 20.8. The van der Waals surface area contributed by atoms with Crippen LogP contribution in [0.4, 0.5) is 4.39 Å². The first-order chi connectivity index (χ1) is 15.3. The molecule has 0 spiro atoms. The van der Waals surface area contributed by atoms with E-state index in [1.54, 1.807) is 0 Å². The van der Waals surface area contributed by atoms with Crippen LogP contribution in [0.25, 0.3) is 28.1 Å². The maximum Gasteiger partial charge on any atom is 0.187 e. The highest BCUT2D eigenvalue weighted by molar-refractivity contribution is 5.86. The monoisotopic (exact) mass is 417 g/mol. The molecule has 4 heterocycles. The van der Waals surface area contributed by atoms with Crippen molar-refractivity contribution < 1.29 is 9.13 Å². The number of hydrogen-bond acceptors (Lipinski definition) is 5. The summed E-state index contributed by atoms with van der Waals surface area (Å²) >= 11 is 0. The van der Waals surface area contributed by atoms with E-state index in [1.807, 2.05) is 40.8 Å². The van der Waals surface area contributed by atoms with E-state index < -0.39 is 12.3 Å². The molecular formula is C24H24FN5O. The van der Waals surface area contributed by atoms with Crippen molar-refractivity contribution in [3.8, 4) is 17.3 Å². The molecule has 31 heavy (non-hydrogen) atoms. The molecule has 7 heteroatoms. The average Bonchev–Trinajstić information content (AvgIpc) is 3.59. The van der Waals surface area contributed by atoms with Crippen molar-refractivity contribution in [2.75, 3.05) is 13.1 Å². The number of alkyl halides is 1. The summed E-state index contributed by atoms with van der Waals surface area (Å²) in [5.74, 6) is 1.96. The Morgan fingerprint density at radius 3 is 2.77 bits per heavy atom. The second kappa shape index (κ2) is 7.57. The van der Waals surface area contributed by atoms with E-state index >= 15 is 0 Å². The van der Waals surface area contributed by atoms with Crippen molar-refractivity contribution in [3.05, 3.63) is 54.2 Å². The number of pyridine rings is 2. The molecule has 0 radical (unpaired) electrons. The lowest BCUT2D eigenvalue weighted by Crippen LogP contribution is -2.28. The van der Waals surface area contributed by atoms with Gasteiger partial charge in [0.2, 0.25) is 0 Å². The van der Waals surface area contributed by atoms with Gasteiger partial charge in [0.1, 0.15) is 29.2 Å². The molecule has 0 bridgehead atoms. The Kier molecular flexibility index (Phi) is 4.56. The van der Waals surface area contributed by atoms with Crippen LogP contribution in [0.15, 0.2) is 48.7 Å². The first kappa shape index (κ1) is 18.7. The van der Waals surface area contributed by atoms with Crippen molar-refractivity contribution in [3.63, 3.8) is 0 Å². The van der Waals surface area contributed by atoms with Gasteiger partial charge in [0, 0.05) is 11.6 Å². The second-order valence-electron chi connectivity index (χ2n) is 8.51. The number of halogens is 1. The largest absolute Gasteiger partial charge is 0.485 e. The van der Waals surface area contributed by atoms with Gasteiger partial charge in [-0.25, -0.2) is 9.37 Å². The molecule has 2 unspecified atom stereocenters. The van der Waals surface area contributed by atoms with Gasteiger partial charge in [0.05, 0.1) is 0 Å². The molecular weight excluding hydrogens is 393 g/mol. The summed E-state index contributed by atoms with van der Waals surface area (Å²) in [6.45, 7) is 1.44. The van der Waals surface area contributed by atoms with Gasteiger partial charge in [-0.2, -0.15) is 0 Å². The first-order valence-electron chi connectivity index (χ1n) is 11.0. The number of nitrogens with one attached hydrogen (secondary N) is 1. The fraction of sp³-hybridized carbons (Fsp3) is 0.375. The average molecular weight is 417 g/mol. The minimum absolute atomic E-state index is 0.461. The minimum Gasteiger partial charge on any atom is -0.485 e. The number of para-hydroxylation sites is 1. The van der Waals surface area contributed by atoms with E-state index in [1.165, 1.54) is 18.4 Å². The summed E-state index contributed by atoms with van der Waals surface area (Å²) in [6.07, 6.45) is 4.24. The summed E-state index contributed by atoms with van der Waals surface area (Å²) in [4.78, 5) is 4.89. The van der Waals surface area contributed by atoms with Gasteiger partial charge < -0.3 is 10.1 Å². The third-order valence-electron chi connectivity index (χ3n) is 6.27. The highest BCUT2D eigenvalue weighted by Crippen LogP contribution is 2.40. The van der Waals surface area contributed by atoms with Gasteiger partial charge in [-0.1, -0.05) is 24.3 Å². The smallest absolute Gasteiger partial charge is 0.187 e. The Labute approximate surface area is 179 Å². The Morgan fingerprint density at radius 2 is 1.87 bits per heavy atom. The molecule has 6 nitrogen and oxygen atoms in total. The van der Waals surface area contributed by atoms with E-state index in [0.29, 0.717) is 36.9 Å². The van der Waals surface area contributed by atoms with Crippen LogP contribution in [0, 0.1) is 0 Å². The van der Waals surface area contributed by atoms with E-state index in [2.05, 4.69) is 27.8 Å². The van der Waals surface area contributed by atoms with Crippen LogP contribution in [0.3, 0.4) is 0 Å². The number of hydrogen-bond donors (Lipinski definition) is 1. The van der Waals surface area contributed by atoms with Gasteiger partial charge in [0.25, 0.3) is 0 Å². The molecule has 1 saturated heterocycles. The molecule has 0 amide bonds. The molecule has 4 aromatic rings. The van der Waals surface area contributed by atoms with Crippen LogP contribution in [-0.2, 0) is 0 Å². The van der Waals surface area contributed by atoms with Crippen LogP contribution in [0.2, 0.25) is 0 Å². The molecule has 6 rings (SSSR count). The molecule has 1 N–H and O–H groups in total. The highest BCUT2D eigenvalue weighted by atomic mass is 19.1. The Morgan fingerprint density at radius 1 is 0.968 bits per heavy atom. The minimum atomic E-state index is -0.991. The SMILES string of the molecule is FC1CCNCCC1Oc1cccc2ccc(-c3nnc4ccc(C5CC5)cn34)nc12. The zero-order valence-electron chi connectivity index (χ0n) is 17.2. The number of benzene rings is 1. The maximum absolute atomic E-state index is 14.6. The molecule has 1 aliphatic carbocycles. The molecule has 2 atom stereocenters. The third-order valence-corrected chi connectivity index (χ3v) is 6.27. The number of aromatic nitrogens is 4. The molecule has 158 valence electrons. The predicted octanol–water partition coefficient (Wildman–Crippen LogP) is 4.29. The van der Waals surface area contributed by atoms with Gasteiger partial charge in [-0.15, -0.1) is 10.2 Å². The Hall–Kier alpha value is -3.06. The summed E-state index contributed by atoms with van der Waals surface area (Å²) in [7, 11) is 0. The molecule has 3 aromatic heterocycles. The lowest BCUT2D eigenvalue weighted by Gasteiger charge is -2.21. The van der Waals surface area contributed by atoms with Gasteiger partial charge in [0.15, 0.2) is 11.5 Å². The molecule has 2 fully saturated rings. The van der Waals surface area contributed by atoms with E-state index in [4.69, 9.17) is 9.72 Å². The normalized spacial score (nSPS) is 22.0. The molecule has 1 aliphatic heterocycles. The lowest BCUT2D eigenvalue weighted by atomic mass is 10.1. The van der Waals surface area contributed by atoms with Crippen molar-refractivity contribution in [1.82, 2.24) is 24.9 Å². The van der Waals surface area contributed by atoms with Gasteiger partial charge in [-0.3, -0.25) is 4.40 Å². The van der Waals surface area contributed by atoms with Gasteiger partial charge in [-0.05, 0) is 68.5 Å². The first-order valence-corrected chi connectivity index (χ1v) is 11.0. The fourth-order valence-electron chi connectivity index (χ4n) is 4.35. The Balaban J connectivity index is 1.40. The van der Waals surface area contributed by atoms with Crippen molar-refractivity contribution in [1.29, 1.82) is 0 Å². The predicted molar refractivity (Wildman–Crippen MR) is 117 cm³/mol. The number of ether oxygens (including phenoxy) is 1. The zero-order valence-corrected chi connectivity index (χ0v) is 17.2. The highest BCUT2D eigenvalue weighted by Gasteiger charge is 2.26. The summed E-state index contributed by atoms with van der Waals surface area (Å²) in [5, 5.41) is 12.9. The second-order valence-corrected chi connectivity index (χ2v) is 8.51. The maximum atomic E-state index is 14.6. The van der Waals surface area contributed by atoms with Gasteiger partial charge >= 0.3 is 0 Å². The van der Waals surface area contributed by atoms with Crippen LogP contribution in [0.5, 0.6) is 5.75 Å². The Bertz CT molecular complexity index is 1250. The topological polar surface area (TPSA) is 64.3 Å². The van der Waals surface area contributed by atoms with E-state index in [-0.39, 0.29) is 0 Å². The standard InChI is InChI=1S/C24H24FN5O/c25-18-10-12-26-13-11-20(18)31-21-3-1-2-16-6-8-19(27-23(16)21)24-29-28-22-9-7-17(14-30(22)24)15-4-5-15/h1-3,6-9,14-15,18,20,26H,4-5,10-13H2. The van der Waals surface area contributed by atoms with Crippen LogP contribution in [0.1, 0.15) is 37.2 Å². The number of nitrogens with zero attached hydrogens (tertiary/aromatic N) is 4. The summed E-state index contributed by atoms with van der Waals surface area (Å²) < 4.78 is 22.7. The fourth-order valence-corrected chi connectivity index (χ4v) is 4.35. The quantitative estimate of drug-likeness (QED) is 0.537. The summed E-state index contributed by atoms with van der Waals surface area (Å²) in [5.41, 5.74) is 3.56. The van der Waals surface area contributed by atoms with Crippen molar-refractivity contribution >= 4 is 16.6 Å². The van der Waals surface area contributed by atoms with Crippen LogP contribution >= 0.6 is 0 Å². The molecule has 1 saturated carbocycles.